The minimum atomic E-state index is 0.272. The largest absolute Gasteiger partial charge is 0.329 e. The summed E-state index contributed by atoms with van der Waals surface area (Å²) in [5.41, 5.74) is 6.72. The van der Waals surface area contributed by atoms with Crippen molar-refractivity contribution in [2.45, 2.75) is 52.5 Å². The lowest BCUT2D eigenvalue weighted by Gasteiger charge is -2.40. The predicted octanol–water partition coefficient (Wildman–Crippen LogP) is 2.24. The molecule has 0 bridgehead atoms. The van der Waals surface area contributed by atoms with E-state index in [1.165, 1.54) is 32.4 Å². The first kappa shape index (κ1) is 12.0. The van der Waals surface area contributed by atoms with Gasteiger partial charge >= 0.3 is 0 Å². The second-order valence-electron chi connectivity index (χ2n) is 5.47. The maximum Gasteiger partial charge on any atom is 0.0326 e. The van der Waals surface area contributed by atoms with E-state index in [9.17, 15) is 0 Å². The molecule has 0 amide bonds. The molecule has 0 radical (unpaired) electrons. The monoisotopic (exact) mass is 198 g/mol. The molecule has 0 aromatic heterocycles. The lowest BCUT2D eigenvalue weighted by Crippen LogP contribution is -2.52. The Labute approximate surface area is 88.8 Å². The molecule has 0 aromatic rings. The number of nitrogens with two attached hydrogens (primary N) is 1. The zero-order valence-electron chi connectivity index (χ0n) is 10.3. The fourth-order valence-electron chi connectivity index (χ4n) is 2.63. The average Bonchev–Trinajstić information content (AvgIpc) is 2.51. The Hall–Kier alpha value is -0.0800. The molecule has 0 spiro atoms. The van der Waals surface area contributed by atoms with E-state index in [4.69, 9.17) is 5.73 Å². The van der Waals surface area contributed by atoms with E-state index in [0.717, 1.165) is 6.54 Å². The van der Waals surface area contributed by atoms with Crippen LogP contribution in [-0.2, 0) is 0 Å². The van der Waals surface area contributed by atoms with Crippen LogP contribution in [0.4, 0.5) is 0 Å². The number of rotatable bonds is 4. The molecular weight excluding hydrogens is 172 g/mol. The summed E-state index contributed by atoms with van der Waals surface area (Å²) in [5, 5.41) is 0. The van der Waals surface area contributed by atoms with Crippen molar-refractivity contribution in [3.8, 4) is 0 Å². The predicted molar refractivity (Wildman–Crippen MR) is 62.3 cm³/mol. The Kier molecular flexibility index (Phi) is 3.59. The molecule has 2 nitrogen and oxygen atoms in total. The van der Waals surface area contributed by atoms with Crippen LogP contribution in [-0.4, -0.2) is 30.1 Å². The van der Waals surface area contributed by atoms with Crippen LogP contribution in [0.3, 0.4) is 0 Å². The first-order chi connectivity index (χ1) is 6.49. The normalized spacial score (nSPS) is 22.9. The molecule has 1 heterocycles. The van der Waals surface area contributed by atoms with Gasteiger partial charge < -0.3 is 5.73 Å². The molecule has 0 unspecified atom stereocenters. The summed E-state index contributed by atoms with van der Waals surface area (Å²) >= 11 is 0. The Bertz CT molecular complexity index is 174. The molecule has 14 heavy (non-hydrogen) atoms. The first-order valence-corrected chi connectivity index (χ1v) is 5.95. The van der Waals surface area contributed by atoms with E-state index < -0.39 is 0 Å². The summed E-state index contributed by atoms with van der Waals surface area (Å²) in [4.78, 5) is 2.62. The van der Waals surface area contributed by atoms with Crippen molar-refractivity contribution in [1.82, 2.24) is 4.90 Å². The molecule has 1 aliphatic heterocycles. The smallest absolute Gasteiger partial charge is 0.0326 e. The van der Waals surface area contributed by atoms with Gasteiger partial charge in [0.25, 0.3) is 0 Å². The highest BCUT2D eigenvalue weighted by Crippen LogP contribution is 2.35. The quantitative estimate of drug-likeness (QED) is 0.750. The minimum absolute atomic E-state index is 0.272. The second-order valence-corrected chi connectivity index (χ2v) is 5.47. The molecule has 0 aromatic carbocycles. The van der Waals surface area contributed by atoms with Crippen LogP contribution in [0.2, 0.25) is 0 Å². The maximum atomic E-state index is 5.96. The zero-order chi connectivity index (χ0) is 10.8. The van der Waals surface area contributed by atoms with Crippen molar-refractivity contribution in [3.05, 3.63) is 0 Å². The van der Waals surface area contributed by atoms with Crippen molar-refractivity contribution in [2.75, 3.05) is 19.6 Å². The summed E-state index contributed by atoms with van der Waals surface area (Å²) in [6, 6.07) is 0. The van der Waals surface area contributed by atoms with Gasteiger partial charge in [-0.1, -0.05) is 27.7 Å². The van der Waals surface area contributed by atoms with Crippen molar-refractivity contribution < 1.29 is 0 Å². The molecule has 84 valence electrons. The molecule has 2 heteroatoms. The maximum absolute atomic E-state index is 5.96. The topological polar surface area (TPSA) is 29.3 Å². The Balaban J connectivity index is 2.71. The van der Waals surface area contributed by atoms with Crippen LogP contribution in [0.25, 0.3) is 0 Å². The number of hydrogen-bond acceptors (Lipinski definition) is 2. The molecule has 1 fully saturated rings. The molecule has 1 aliphatic rings. The average molecular weight is 198 g/mol. The van der Waals surface area contributed by atoms with Crippen LogP contribution in [0.15, 0.2) is 0 Å². The van der Waals surface area contributed by atoms with Crippen molar-refractivity contribution in [2.24, 2.45) is 11.1 Å². The summed E-state index contributed by atoms with van der Waals surface area (Å²) in [6.07, 6.45) is 3.67. The summed E-state index contributed by atoms with van der Waals surface area (Å²) in [5.74, 6) is 0. The molecular formula is C12H26N2. The van der Waals surface area contributed by atoms with Gasteiger partial charge in [0.1, 0.15) is 0 Å². The number of likely N-dealkylation sites (tertiary alicyclic amines) is 1. The van der Waals surface area contributed by atoms with Gasteiger partial charge in [0.05, 0.1) is 0 Å². The van der Waals surface area contributed by atoms with Crippen molar-refractivity contribution >= 4 is 0 Å². The van der Waals surface area contributed by atoms with Gasteiger partial charge in [0.15, 0.2) is 0 Å². The van der Waals surface area contributed by atoms with Gasteiger partial charge in [-0.3, -0.25) is 4.90 Å². The van der Waals surface area contributed by atoms with E-state index in [2.05, 4.69) is 32.6 Å². The van der Waals surface area contributed by atoms with E-state index in [1.54, 1.807) is 0 Å². The van der Waals surface area contributed by atoms with E-state index in [0.29, 0.717) is 5.41 Å². The van der Waals surface area contributed by atoms with E-state index >= 15 is 0 Å². The van der Waals surface area contributed by atoms with Gasteiger partial charge in [-0.05, 0) is 31.2 Å². The van der Waals surface area contributed by atoms with Gasteiger partial charge in [0.2, 0.25) is 0 Å². The van der Waals surface area contributed by atoms with E-state index in [1.807, 2.05) is 0 Å². The van der Waals surface area contributed by atoms with Crippen LogP contribution < -0.4 is 5.73 Å². The Morgan fingerprint density at radius 2 is 1.86 bits per heavy atom. The minimum Gasteiger partial charge on any atom is -0.329 e. The summed E-state index contributed by atoms with van der Waals surface area (Å²) < 4.78 is 0. The van der Waals surface area contributed by atoms with Gasteiger partial charge in [-0.25, -0.2) is 0 Å². The van der Waals surface area contributed by atoms with Crippen LogP contribution in [0.5, 0.6) is 0 Å². The molecule has 0 saturated carbocycles. The van der Waals surface area contributed by atoms with Crippen molar-refractivity contribution in [1.29, 1.82) is 0 Å². The molecule has 1 rings (SSSR count). The van der Waals surface area contributed by atoms with Crippen LogP contribution >= 0.6 is 0 Å². The first-order valence-electron chi connectivity index (χ1n) is 5.95. The fourth-order valence-corrected chi connectivity index (χ4v) is 2.63. The zero-order valence-corrected chi connectivity index (χ0v) is 10.3. The molecule has 0 atom stereocenters. The van der Waals surface area contributed by atoms with Gasteiger partial charge in [-0.2, -0.15) is 0 Å². The van der Waals surface area contributed by atoms with Crippen LogP contribution in [0.1, 0.15) is 47.0 Å². The summed E-state index contributed by atoms with van der Waals surface area (Å²) in [7, 11) is 0. The second kappa shape index (κ2) is 4.19. The van der Waals surface area contributed by atoms with Gasteiger partial charge in [-0.15, -0.1) is 0 Å². The van der Waals surface area contributed by atoms with Crippen LogP contribution in [0, 0.1) is 5.41 Å². The highest BCUT2D eigenvalue weighted by Gasteiger charge is 2.39. The highest BCUT2D eigenvalue weighted by atomic mass is 15.2. The molecule has 0 aliphatic carbocycles. The Morgan fingerprint density at radius 1 is 1.29 bits per heavy atom. The third-order valence-electron chi connectivity index (χ3n) is 4.04. The SMILES string of the molecule is CCC(CC)(CN)N1CCC(C)(C)C1. The molecule has 2 N–H and O–H groups in total. The third kappa shape index (κ3) is 2.12. The standard InChI is InChI=1S/C12H26N2/c1-5-12(6-2,9-13)14-8-7-11(3,4)10-14/h5-10,13H2,1-4H3. The Morgan fingerprint density at radius 3 is 2.14 bits per heavy atom. The van der Waals surface area contributed by atoms with Gasteiger partial charge in [0, 0.05) is 18.6 Å². The van der Waals surface area contributed by atoms with Crippen molar-refractivity contribution in [3.63, 3.8) is 0 Å². The third-order valence-corrected chi connectivity index (χ3v) is 4.04. The lowest BCUT2D eigenvalue weighted by molar-refractivity contribution is 0.102. The highest BCUT2D eigenvalue weighted by molar-refractivity contribution is 4.96. The molecule has 1 saturated heterocycles. The van der Waals surface area contributed by atoms with E-state index in [-0.39, 0.29) is 5.54 Å². The lowest BCUT2D eigenvalue weighted by atomic mass is 9.89. The summed E-state index contributed by atoms with van der Waals surface area (Å²) in [6.45, 7) is 12.5. The number of hydrogen-bond donors (Lipinski definition) is 1. The fraction of sp³-hybridized carbons (Fsp3) is 1.00. The number of nitrogens with zero attached hydrogens (tertiary/aromatic N) is 1.